The van der Waals surface area contributed by atoms with Crippen molar-refractivity contribution in [3.8, 4) is 0 Å². The molecule has 5 nitrogen and oxygen atoms in total. The molecule has 0 saturated carbocycles. The molecule has 0 bridgehead atoms. The predicted molar refractivity (Wildman–Crippen MR) is 73.8 cm³/mol. The quantitative estimate of drug-likeness (QED) is 0.730. The molecule has 6 heteroatoms. The Morgan fingerprint density at radius 3 is 2.44 bits per heavy atom. The van der Waals surface area contributed by atoms with Crippen molar-refractivity contribution in [2.45, 2.75) is 19.9 Å². The molecule has 0 aliphatic rings. The first-order chi connectivity index (χ1) is 8.32. The van der Waals surface area contributed by atoms with Crippen molar-refractivity contribution >= 4 is 33.4 Å². The molecule has 1 aromatic carbocycles. The van der Waals surface area contributed by atoms with Crippen LogP contribution in [0, 0.1) is 5.92 Å². The van der Waals surface area contributed by atoms with Crippen molar-refractivity contribution in [2.24, 2.45) is 11.7 Å². The normalized spacial score (nSPS) is 12.2. The van der Waals surface area contributed by atoms with Crippen LogP contribution < -0.4 is 16.8 Å². The molecule has 0 radical (unpaired) electrons. The van der Waals surface area contributed by atoms with Crippen molar-refractivity contribution in [2.75, 3.05) is 5.73 Å². The smallest absolute Gasteiger partial charge is 0.254 e. The number of primary amides is 1. The van der Waals surface area contributed by atoms with E-state index >= 15 is 0 Å². The Bertz CT molecular complexity index is 474. The first-order valence-electron chi connectivity index (χ1n) is 5.48. The van der Waals surface area contributed by atoms with Crippen molar-refractivity contribution in [3.63, 3.8) is 0 Å². The number of amides is 2. The van der Waals surface area contributed by atoms with Gasteiger partial charge in [0, 0.05) is 10.2 Å². The minimum atomic E-state index is -0.712. The standard InChI is InChI=1S/C12H16BrN3O2/c1-6(2)10(11(15)17)16-12(18)8-5-7(13)3-4-9(8)14/h3-6,10H,14H2,1-2H3,(H2,15,17)(H,16,18). The van der Waals surface area contributed by atoms with Gasteiger partial charge < -0.3 is 16.8 Å². The minimum Gasteiger partial charge on any atom is -0.398 e. The van der Waals surface area contributed by atoms with E-state index in [4.69, 9.17) is 11.5 Å². The fourth-order valence-electron chi connectivity index (χ4n) is 1.51. The Hall–Kier alpha value is -1.56. The molecule has 5 N–H and O–H groups in total. The molecule has 98 valence electrons. The van der Waals surface area contributed by atoms with Gasteiger partial charge in [-0.05, 0) is 24.1 Å². The van der Waals surface area contributed by atoms with E-state index in [1.807, 2.05) is 0 Å². The van der Waals surface area contributed by atoms with Crippen molar-refractivity contribution in [1.29, 1.82) is 0 Å². The van der Waals surface area contributed by atoms with Crippen LogP contribution in [0.5, 0.6) is 0 Å². The minimum absolute atomic E-state index is 0.0835. The summed E-state index contributed by atoms with van der Waals surface area (Å²) < 4.78 is 0.738. The van der Waals surface area contributed by atoms with Gasteiger partial charge in [-0.3, -0.25) is 9.59 Å². The zero-order valence-corrected chi connectivity index (χ0v) is 11.8. The highest BCUT2D eigenvalue weighted by atomic mass is 79.9. The summed E-state index contributed by atoms with van der Waals surface area (Å²) in [6, 6.07) is 4.24. The number of rotatable bonds is 4. The summed E-state index contributed by atoms with van der Waals surface area (Å²) >= 11 is 3.26. The van der Waals surface area contributed by atoms with Crippen LogP contribution in [0.2, 0.25) is 0 Å². The zero-order valence-electron chi connectivity index (χ0n) is 10.2. The number of halogens is 1. The molecule has 1 rings (SSSR count). The lowest BCUT2D eigenvalue weighted by atomic mass is 10.0. The van der Waals surface area contributed by atoms with Gasteiger partial charge in [0.15, 0.2) is 0 Å². The molecule has 0 heterocycles. The number of hydrogen-bond acceptors (Lipinski definition) is 3. The summed E-state index contributed by atoms with van der Waals surface area (Å²) in [4.78, 5) is 23.2. The number of nitrogens with one attached hydrogen (secondary N) is 1. The molecule has 0 aliphatic carbocycles. The highest BCUT2D eigenvalue weighted by Gasteiger charge is 2.23. The van der Waals surface area contributed by atoms with Crippen LogP contribution in [-0.4, -0.2) is 17.9 Å². The van der Waals surface area contributed by atoms with Gasteiger partial charge in [0.25, 0.3) is 5.91 Å². The monoisotopic (exact) mass is 313 g/mol. The fraction of sp³-hybridized carbons (Fsp3) is 0.333. The molecule has 0 fully saturated rings. The van der Waals surface area contributed by atoms with Gasteiger partial charge in [-0.25, -0.2) is 0 Å². The molecule has 1 atom stereocenters. The van der Waals surface area contributed by atoms with Crippen molar-refractivity contribution < 1.29 is 9.59 Å². The molecule has 0 saturated heterocycles. The summed E-state index contributed by atoms with van der Waals surface area (Å²) in [6.07, 6.45) is 0. The molecule has 0 spiro atoms. The molecule has 18 heavy (non-hydrogen) atoms. The lowest BCUT2D eigenvalue weighted by Crippen LogP contribution is -2.47. The lowest BCUT2D eigenvalue weighted by molar-refractivity contribution is -0.120. The van der Waals surface area contributed by atoms with E-state index in [2.05, 4.69) is 21.2 Å². The van der Waals surface area contributed by atoms with E-state index in [-0.39, 0.29) is 5.92 Å². The van der Waals surface area contributed by atoms with Gasteiger partial charge in [-0.15, -0.1) is 0 Å². The topological polar surface area (TPSA) is 98.2 Å². The molecular weight excluding hydrogens is 298 g/mol. The van der Waals surface area contributed by atoms with Gasteiger partial charge in [0.1, 0.15) is 6.04 Å². The van der Waals surface area contributed by atoms with Crippen LogP contribution in [0.25, 0.3) is 0 Å². The Balaban J connectivity index is 2.94. The van der Waals surface area contributed by atoms with E-state index in [9.17, 15) is 9.59 Å². The third-order valence-electron chi connectivity index (χ3n) is 2.52. The van der Waals surface area contributed by atoms with Gasteiger partial charge >= 0.3 is 0 Å². The van der Waals surface area contributed by atoms with Gasteiger partial charge in [0.2, 0.25) is 5.91 Å². The highest BCUT2D eigenvalue weighted by molar-refractivity contribution is 9.10. The van der Waals surface area contributed by atoms with E-state index < -0.39 is 17.9 Å². The second-order valence-corrected chi connectivity index (χ2v) is 5.24. The SMILES string of the molecule is CC(C)C(NC(=O)c1cc(Br)ccc1N)C(N)=O. The first kappa shape index (κ1) is 14.5. The van der Waals surface area contributed by atoms with Gasteiger partial charge in [0.05, 0.1) is 5.56 Å². The van der Waals surface area contributed by atoms with Gasteiger partial charge in [-0.2, -0.15) is 0 Å². The summed E-state index contributed by atoms with van der Waals surface area (Å²) in [7, 11) is 0. The Kier molecular flexibility index (Phi) is 4.72. The fourth-order valence-corrected chi connectivity index (χ4v) is 1.87. The number of carbonyl (C=O) groups excluding carboxylic acids is 2. The molecule has 1 unspecified atom stereocenters. The number of nitrogen functional groups attached to an aromatic ring is 1. The van der Waals surface area contributed by atoms with Crippen molar-refractivity contribution in [3.05, 3.63) is 28.2 Å². The number of hydrogen-bond donors (Lipinski definition) is 3. The summed E-state index contributed by atoms with van der Waals surface area (Å²) in [5, 5.41) is 2.59. The summed E-state index contributed by atoms with van der Waals surface area (Å²) in [5.41, 5.74) is 11.6. The Morgan fingerprint density at radius 2 is 1.94 bits per heavy atom. The third-order valence-corrected chi connectivity index (χ3v) is 3.01. The average Bonchev–Trinajstić information content (AvgIpc) is 2.28. The maximum absolute atomic E-state index is 12.0. The van der Waals surface area contributed by atoms with Crippen LogP contribution in [0.4, 0.5) is 5.69 Å². The molecule has 2 amide bonds. The van der Waals surface area contributed by atoms with E-state index in [0.717, 1.165) is 4.47 Å². The molecule has 0 aliphatic heterocycles. The highest BCUT2D eigenvalue weighted by Crippen LogP contribution is 2.18. The van der Waals surface area contributed by atoms with E-state index in [0.29, 0.717) is 11.3 Å². The van der Waals surface area contributed by atoms with Crippen LogP contribution in [0.1, 0.15) is 24.2 Å². The Morgan fingerprint density at radius 1 is 1.33 bits per heavy atom. The van der Waals surface area contributed by atoms with Gasteiger partial charge in [-0.1, -0.05) is 29.8 Å². The second kappa shape index (κ2) is 5.86. The van der Waals surface area contributed by atoms with E-state index in [1.54, 1.807) is 32.0 Å². The number of anilines is 1. The van der Waals surface area contributed by atoms with Crippen molar-refractivity contribution in [1.82, 2.24) is 5.32 Å². The number of carbonyl (C=O) groups is 2. The molecule has 1 aromatic rings. The van der Waals surface area contributed by atoms with Crippen LogP contribution in [0.15, 0.2) is 22.7 Å². The first-order valence-corrected chi connectivity index (χ1v) is 6.27. The largest absolute Gasteiger partial charge is 0.398 e. The number of benzene rings is 1. The average molecular weight is 314 g/mol. The maximum atomic E-state index is 12.0. The molecule has 0 aromatic heterocycles. The Labute approximate surface area is 114 Å². The van der Waals surface area contributed by atoms with E-state index in [1.165, 1.54) is 0 Å². The van der Waals surface area contributed by atoms with Crippen LogP contribution >= 0.6 is 15.9 Å². The third kappa shape index (κ3) is 3.46. The van der Waals surface area contributed by atoms with Crippen LogP contribution in [-0.2, 0) is 4.79 Å². The predicted octanol–water partition coefficient (Wildman–Crippen LogP) is 1.27. The zero-order chi connectivity index (χ0) is 13.9. The molecular formula is C12H16BrN3O2. The summed E-state index contributed by atoms with van der Waals surface area (Å²) in [6.45, 7) is 3.61. The lowest BCUT2D eigenvalue weighted by Gasteiger charge is -2.19. The maximum Gasteiger partial charge on any atom is 0.254 e. The summed E-state index contributed by atoms with van der Waals surface area (Å²) in [5.74, 6) is -1.06. The number of nitrogens with two attached hydrogens (primary N) is 2. The van der Waals surface area contributed by atoms with Crippen LogP contribution in [0.3, 0.4) is 0 Å². The second-order valence-electron chi connectivity index (χ2n) is 4.33.